The van der Waals surface area contributed by atoms with Crippen molar-refractivity contribution in [2.24, 2.45) is 5.10 Å². The van der Waals surface area contributed by atoms with Gasteiger partial charge in [-0.15, -0.1) is 0 Å². The molecule has 2 N–H and O–H groups in total. The van der Waals surface area contributed by atoms with Gasteiger partial charge in [0.1, 0.15) is 0 Å². The number of nitro groups is 1. The molecule has 0 fully saturated rings. The molecule has 0 aliphatic carbocycles. The van der Waals surface area contributed by atoms with E-state index in [4.69, 9.17) is 5.26 Å². The summed E-state index contributed by atoms with van der Waals surface area (Å²) < 4.78 is 0. The van der Waals surface area contributed by atoms with Crippen molar-refractivity contribution in [3.8, 4) is 6.07 Å². The number of anilines is 1. The maximum absolute atomic E-state index is 11.8. The van der Waals surface area contributed by atoms with Gasteiger partial charge in [0.05, 0.1) is 22.3 Å². The van der Waals surface area contributed by atoms with Crippen molar-refractivity contribution in [2.75, 3.05) is 5.32 Å². The maximum Gasteiger partial charge on any atom is 0.329 e. The van der Waals surface area contributed by atoms with E-state index in [1.807, 2.05) is 6.07 Å². The molecule has 2 rings (SSSR count). The Morgan fingerprint density at radius 2 is 1.85 bits per heavy atom. The first-order valence-electron chi connectivity index (χ1n) is 7.31. The zero-order chi connectivity index (χ0) is 19.1. The normalized spacial score (nSPS) is 10.5. The molecule has 0 atom stereocenters. The van der Waals surface area contributed by atoms with E-state index in [0.29, 0.717) is 22.5 Å². The molecule has 0 aliphatic heterocycles. The van der Waals surface area contributed by atoms with Crippen molar-refractivity contribution in [1.82, 2.24) is 5.43 Å². The Balaban J connectivity index is 2.00. The zero-order valence-electron chi connectivity index (χ0n) is 13.6. The molecule has 26 heavy (non-hydrogen) atoms. The average Bonchev–Trinajstić information content (AvgIpc) is 2.66. The molecule has 0 aliphatic rings. The Bertz CT molecular complexity index is 929. The van der Waals surface area contributed by atoms with Gasteiger partial charge in [0.25, 0.3) is 5.69 Å². The quantitative estimate of drug-likeness (QED) is 0.375. The second-order valence-corrected chi connectivity index (χ2v) is 5.09. The van der Waals surface area contributed by atoms with Crippen LogP contribution in [0.4, 0.5) is 11.4 Å². The van der Waals surface area contributed by atoms with Gasteiger partial charge in [0.2, 0.25) is 0 Å². The lowest BCUT2D eigenvalue weighted by molar-refractivity contribution is -0.384. The lowest BCUT2D eigenvalue weighted by atomic mass is 10.1. The fraction of sp³-hybridized carbons (Fsp3) is 0.0588. The van der Waals surface area contributed by atoms with Crippen LogP contribution in [0.5, 0.6) is 0 Å². The highest BCUT2D eigenvalue weighted by molar-refractivity contribution is 6.39. The molecule has 2 aromatic carbocycles. The third-order valence-corrected chi connectivity index (χ3v) is 3.28. The van der Waals surface area contributed by atoms with Crippen LogP contribution in [0.15, 0.2) is 53.6 Å². The maximum atomic E-state index is 11.8. The van der Waals surface area contributed by atoms with E-state index in [1.165, 1.54) is 49.4 Å². The first kappa shape index (κ1) is 18.3. The number of amides is 2. The predicted molar refractivity (Wildman–Crippen MR) is 93.2 cm³/mol. The van der Waals surface area contributed by atoms with Crippen LogP contribution in [0.25, 0.3) is 0 Å². The van der Waals surface area contributed by atoms with E-state index in [0.717, 1.165) is 0 Å². The molecule has 9 nitrogen and oxygen atoms in total. The molecule has 0 unspecified atom stereocenters. The molecule has 9 heteroatoms. The minimum atomic E-state index is -1.00. The highest BCUT2D eigenvalue weighted by Crippen LogP contribution is 2.13. The van der Waals surface area contributed by atoms with Gasteiger partial charge in [-0.2, -0.15) is 10.4 Å². The molecule has 0 saturated carbocycles. The van der Waals surface area contributed by atoms with Crippen molar-refractivity contribution in [3.05, 3.63) is 69.8 Å². The summed E-state index contributed by atoms with van der Waals surface area (Å²) in [4.78, 5) is 33.8. The number of carbonyl (C=O) groups excluding carboxylic acids is 2. The van der Waals surface area contributed by atoms with E-state index in [1.54, 1.807) is 6.07 Å². The number of hydrogen-bond donors (Lipinski definition) is 2. The smallest absolute Gasteiger partial charge is 0.318 e. The summed E-state index contributed by atoms with van der Waals surface area (Å²) in [6.07, 6.45) is 0. The van der Waals surface area contributed by atoms with Crippen molar-refractivity contribution in [2.45, 2.75) is 6.92 Å². The summed E-state index contributed by atoms with van der Waals surface area (Å²) in [5.74, 6) is -1.94. The van der Waals surface area contributed by atoms with Gasteiger partial charge in [-0.25, -0.2) is 5.43 Å². The van der Waals surface area contributed by atoms with Gasteiger partial charge >= 0.3 is 11.8 Å². The van der Waals surface area contributed by atoms with Crippen LogP contribution >= 0.6 is 0 Å². The van der Waals surface area contributed by atoms with Crippen LogP contribution in [-0.2, 0) is 9.59 Å². The second kappa shape index (κ2) is 8.16. The summed E-state index contributed by atoms with van der Waals surface area (Å²) in [7, 11) is 0. The molecular formula is C17H13N5O4. The number of benzene rings is 2. The number of hydrazone groups is 1. The number of rotatable bonds is 4. The predicted octanol–water partition coefficient (Wildman–Crippen LogP) is 1.95. The fourth-order valence-corrected chi connectivity index (χ4v) is 1.91. The number of hydrogen-bond acceptors (Lipinski definition) is 6. The van der Waals surface area contributed by atoms with Crippen molar-refractivity contribution in [1.29, 1.82) is 5.26 Å². The van der Waals surface area contributed by atoms with Crippen LogP contribution in [0.2, 0.25) is 0 Å². The number of carbonyl (C=O) groups is 2. The SMILES string of the molecule is C/C(=N\NC(=O)C(=O)Nc1ccc(C#N)cc1)c1cccc([N+](=O)[O-])c1. The monoisotopic (exact) mass is 351 g/mol. The lowest BCUT2D eigenvalue weighted by Crippen LogP contribution is -2.32. The third kappa shape index (κ3) is 4.72. The van der Waals surface area contributed by atoms with Crippen molar-refractivity contribution < 1.29 is 14.5 Å². The Kier molecular flexibility index (Phi) is 5.74. The van der Waals surface area contributed by atoms with E-state index in [-0.39, 0.29) is 5.69 Å². The standard InChI is InChI=1S/C17H13N5O4/c1-11(13-3-2-4-15(9-13)22(25)26)20-21-17(24)16(23)19-14-7-5-12(10-18)6-8-14/h2-9H,1H3,(H,19,23)(H,21,24)/b20-11+. The van der Waals surface area contributed by atoms with Gasteiger partial charge in [0.15, 0.2) is 0 Å². The number of nitro benzene ring substituents is 1. The van der Waals surface area contributed by atoms with Gasteiger partial charge < -0.3 is 5.32 Å². The number of nitrogens with zero attached hydrogens (tertiary/aromatic N) is 3. The van der Waals surface area contributed by atoms with Crippen LogP contribution in [0.3, 0.4) is 0 Å². The minimum absolute atomic E-state index is 0.109. The van der Waals surface area contributed by atoms with Crippen molar-refractivity contribution in [3.63, 3.8) is 0 Å². The van der Waals surface area contributed by atoms with Gasteiger partial charge in [0, 0.05) is 23.4 Å². The number of nitrogens with one attached hydrogen (secondary N) is 2. The van der Waals surface area contributed by atoms with E-state index < -0.39 is 16.7 Å². The average molecular weight is 351 g/mol. The minimum Gasteiger partial charge on any atom is -0.318 e. The topological polar surface area (TPSA) is 137 Å². The molecule has 0 spiro atoms. The molecule has 0 aromatic heterocycles. The molecule has 2 amide bonds. The first-order valence-corrected chi connectivity index (χ1v) is 7.31. The molecule has 0 saturated heterocycles. The van der Waals surface area contributed by atoms with Crippen LogP contribution in [-0.4, -0.2) is 22.4 Å². The molecule has 2 aromatic rings. The van der Waals surface area contributed by atoms with Crippen molar-refractivity contribution >= 4 is 28.9 Å². The summed E-state index contributed by atoms with van der Waals surface area (Å²) >= 11 is 0. The highest BCUT2D eigenvalue weighted by atomic mass is 16.6. The molecule has 0 bridgehead atoms. The van der Waals surface area contributed by atoms with Gasteiger partial charge in [-0.1, -0.05) is 12.1 Å². The van der Waals surface area contributed by atoms with Crippen LogP contribution < -0.4 is 10.7 Å². The Morgan fingerprint density at radius 1 is 1.15 bits per heavy atom. The molecular weight excluding hydrogens is 338 g/mol. The van der Waals surface area contributed by atoms with Gasteiger partial charge in [-0.05, 0) is 31.2 Å². The molecule has 0 heterocycles. The Hall–Kier alpha value is -4.06. The summed E-state index contributed by atoms with van der Waals surface area (Å²) in [5.41, 5.74) is 3.49. The Morgan fingerprint density at radius 3 is 2.46 bits per heavy atom. The number of non-ortho nitro benzene ring substituents is 1. The number of nitriles is 1. The molecule has 130 valence electrons. The summed E-state index contributed by atoms with van der Waals surface area (Å²) in [6, 6.07) is 13.6. The van der Waals surface area contributed by atoms with E-state index >= 15 is 0 Å². The summed E-state index contributed by atoms with van der Waals surface area (Å²) in [5, 5.41) is 25.6. The zero-order valence-corrected chi connectivity index (χ0v) is 13.6. The first-order chi connectivity index (χ1) is 12.4. The van der Waals surface area contributed by atoms with Crippen LogP contribution in [0.1, 0.15) is 18.1 Å². The lowest BCUT2D eigenvalue weighted by Gasteiger charge is -2.05. The van der Waals surface area contributed by atoms with E-state index in [2.05, 4.69) is 15.8 Å². The molecule has 0 radical (unpaired) electrons. The van der Waals surface area contributed by atoms with Gasteiger partial charge in [-0.3, -0.25) is 19.7 Å². The highest BCUT2D eigenvalue weighted by Gasteiger charge is 2.14. The summed E-state index contributed by atoms with van der Waals surface area (Å²) in [6.45, 7) is 1.54. The van der Waals surface area contributed by atoms with E-state index in [9.17, 15) is 19.7 Å². The van der Waals surface area contributed by atoms with Crippen LogP contribution in [0, 0.1) is 21.4 Å². The second-order valence-electron chi connectivity index (χ2n) is 5.09. The Labute approximate surface area is 148 Å². The third-order valence-electron chi connectivity index (χ3n) is 3.28. The fourth-order valence-electron chi connectivity index (χ4n) is 1.91. The largest absolute Gasteiger partial charge is 0.329 e.